The largest absolute Gasteiger partial charge is 0.455 e. The van der Waals surface area contributed by atoms with Gasteiger partial charge in [0.1, 0.15) is 18.5 Å². The number of alkyl carbamates (subject to hydrolysis) is 1. The SMILES string of the molecule is CC(=C/CC/C=C/C(C)=C/C(C)C(=O)C(C)C(O)C(C)C/C(C)=C/COC(=O)NCc1ncccc1C(F)(F)F)/C=C/C1CC=CC(=O)O1. The highest BCUT2D eigenvalue weighted by Gasteiger charge is 2.34. The van der Waals surface area contributed by atoms with Crippen molar-refractivity contribution in [3.8, 4) is 0 Å². The molecule has 5 unspecified atom stereocenters. The molecule has 0 saturated carbocycles. The number of aliphatic hydroxyl groups is 1. The standard InChI is InChI=1S/C38H49F3N2O6/c1-25(17-18-31-14-10-16-34(44)49-31)12-8-7-9-13-26(2)22-28(4)35(45)30(6)36(46)29(5)23-27(3)19-21-48-37(47)43-24-33-32(38(39,40)41)15-11-20-42-33/h9-13,15-20,22,28-31,36,46H,7-8,14,21,23-24H2,1-6H3,(H,43,47)/b13-9+,18-17+,25-12-,26-22+,27-19+. The van der Waals surface area contributed by atoms with Crippen molar-refractivity contribution in [1.29, 1.82) is 0 Å². The molecule has 0 radical (unpaired) electrons. The number of ether oxygens (including phenoxy) is 2. The normalized spacial score (nSPS) is 18.7. The van der Waals surface area contributed by atoms with E-state index < -0.39 is 36.4 Å². The number of ketones is 1. The number of nitrogens with zero attached hydrogens (tertiary/aromatic N) is 1. The lowest BCUT2D eigenvalue weighted by Gasteiger charge is -2.26. The molecule has 8 nitrogen and oxygen atoms in total. The van der Waals surface area contributed by atoms with Gasteiger partial charge < -0.3 is 19.9 Å². The molecule has 0 spiro atoms. The zero-order chi connectivity index (χ0) is 36.6. The molecular formula is C38H49F3N2O6. The van der Waals surface area contributed by atoms with Crippen LogP contribution >= 0.6 is 0 Å². The second kappa shape index (κ2) is 20.3. The molecule has 0 bridgehead atoms. The number of unbranched alkanes of at least 4 members (excludes halogenated alkanes) is 1. The van der Waals surface area contributed by atoms with E-state index in [1.54, 1.807) is 13.0 Å². The molecule has 0 saturated heterocycles. The van der Waals surface area contributed by atoms with Gasteiger partial charge in [-0.1, -0.05) is 73.9 Å². The molecule has 49 heavy (non-hydrogen) atoms. The minimum absolute atomic E-state index is 0.0696. The van der Waals surface area contributed by atoms with Gasteiger partial charge in [0.2, 0.25) is 0 Å². The van der Waals surface area contributed by atoms with Crippen molar-refractivity contribution in [2.24, 2.45) is 17.8 Å². The monoisotopic (exact) mass is 686 g/mol. The van der Waals surface area contributed by atoms with Crippen molar-refractivity contribution in [2.45, 2.75) is 92.2 Å². The Hall–Kier alpha value is -4.25. The summed E-state index contributed by atoms with van der Waals surface area (Å²) in [4.78, 5) is 40.1. The van der Waals surface area contributed by atoms with Crippen molar-refractivity contribution < 1.29 is 42.1 Å². The first-order valence-corrected chi connectivity index (χ1v) is 16.4. The Morgan fingerprint density at radius 2 is 1.86 bits per heavy atom. The topological polar surface area (TPSA) is 115 Å². The van der Waals surface area contributed by atoms with Crippen LogP contribution in [0.15, 0.2) is 89.7 Å². The quantitative estimate of drug-likeness (QED) is 0.0736. The lowest BCUT2D eigenvalue weighted by atomic mass is 9.83. The summed E-state index contributed by atoms with van der Waals surface area (Å²) >= 11 is 0. The third-order valence-electron chi connectivity index (χ3n) is 8.04. The summed E-state index contributed by atoms with van der Waals surface area (Å²) in [7, 11) is 0. The molecule has 1 aromatic rings. The number of carbonyl (C=O) groups excluding carboxylic acids is 3. The van der Waals surface area contributed by atoms with Gasteiger partial charge in [0.25, 0.3) is 0 Å². The van der Waals surface area contributed by atoms with Crippen LogP contribution in [0, 0.1) is 17.8 Å². The van der Waals surface area contributed by atoms with Crippen LogP contribution in [-0.4, -0.2) is 46.8 Å². The Balaban J connectivity index is 1.76. The molecular weight excluding hydrogens is 637 g/mol. The molecule has 2 rings (SSSR count). The Bertz CT molecular complexity index is 1460. The molecule has 0 fully saturated rings. The molecule has 5 atom stereocenters. The summed E-state index contributed by atoms with van der Waals surface area (Å²) < 4.78 is 49.6. The van der Waals surface area contributed by atoms with Crippen molar-refractivity contribution in [3.05, 3.63) is 101 Å². The van der Waals surface area contributed by atoms with Gasteiger partial charge in [-0.25, -0.2) is 9.59 Å². The summed E-state index contributed by atoms with van der Waals surface area (Å²) in [6.07, 6.45) is 14.2. The number of alkyl halides is 3. The molecule has 1 aliphatic heterocycles. The van der Waals surface area contributed by atoms with Crippen LogP contribution in [-0.2, 0) is 31.8 Å². The first-order chi connectivity index (χ1) is 23.1. The average molecular weight is 687 g/mol. The fourth-order valence-corrected chi connectivity index (χ4v) is 5.28. The summed E-state index contributed by atoms with van der Waals surface area (Å²) in [5.74, 6) is -1.64. The van der Waals surface area contributed by atoms with E-state index in [-0.39, 0.29) is 42.0 Å². The summed E-state index contributed by atoms with van der Waals surface area (Å²) in [6.45, 7) is 10.6. The van der Waals surface area contributed by atoms with Gasteiger partial charge in [-0.15, -0.1) is 0 Å². The van der Waals surface area contributed by atoms with Crippen LogP contribution in [0.3, 0.4) is 0 Å². The van der Waals surface area contributed by atoms with Gasteiger partial charge in [-0.2, -0.15) is 13.2 Å². The number of aliphatic hydroxyl groups excluding tert-OH is 1. The van der Waals surface area contributed by atoms with E-state index in [1.165, 1.54) is 18.3 Å². The fraction of sp³-hybridized carbons (Fsp3) is 0.474. The van der Waals surface area contributed by atoms with Crippen LogP contribution in [0.25, 0.3) is 0 Å². The van der Waals surface area contributed by atoms with E-state index in [1.807, 2.05) is 65.0 Å². The highest BCUT2D eigenvalue weighted by Crippen LogP contribution is 2.31. The van der Waals surface area contributed by atoms with E-state index in [0.717, 1.165) is 35.6 Å². The number of aromatic nitrogens is 1. The molecule has 0 aliphatic carbocycles. The minimum Gasteiger partial charge on any atom is -0.455 e. The second-order valence-corrected chi connectivity index (χ2v) is 12.5. The van der Waals surface area contributed by atoms with Crippen molar-refractivity contribution in [3.63, 3.8) is 0 Å². The van der Waals surface area contributed by atoms with E-state index in [2.05, 4.69) is 22.5 Å². The van der Waals surface area contributed by atoms with E-state index in [0.29, 0.717) is 12.8 Å². The molecule has 0 aromatic carbocycles. The molecule has 1 aliphatic rings. The average Bonchev–Trinajstić information content (AvgIpc) is 3.04. The number of hydrogen-bond acceptors (Lipinski definition) is 7. The number of Topliss-reactive ketones (excluding diaryl/α,β-unsaturated/α-hetero) is 1. The van der Waals surface area contributed by atoms with Crippen LogP contribution in [0.5, 0.6) is 0 Å². The maximum Gasteiger partial charge on any atom is 0.418 e. The number of hydrogen-bond donors (Lipinski definition) is 2. The molecule has 1 amide bonds. The summed E-state index contributed by atoms with van der Waals surface area (Å²) in [5.41, 5.74) is 1.62. The number of pyridine rings is 1. The first-order valence-electron chi connectivity index (χ1n) is 16.4. The van der Waals surface area contributed by atoms with E-state index in [4.69, 9.17) is 9.47 Å². The smallest absolute Gasteiger partial charge is 0.418 e. The predicted molar refractivity (Wildman–Crippen MR) is 183 cm³/mol. The number of amides is 1. The van der Waals surface area contributed by atoms with Crippen LogP contribution in [0.1, 0.15) is 78.5 Å². The van der Waals surface area contributed by atoms with Crippen LogP contribution in [0.4, 0.5) is 18.0 Å². The number of nitrogens with one attached hydrogen (secondary N) is 1. The van der Waals surface area contributed by atoms with Crippen molar-refractivity contribution in [1.82, 2.24) is 10.3 Å². The second-order valence-electron chi connectivity index (χ2n) is 12.5. The Morgan fingerprint density at radius 3 is 2.55 bits per heavy atom. The van der Waals surface area contributed by atoms with Gasteiger partial charge >= 0.3 is 18.2 Å². The zero-order valence-electron chi connectivity index (χ0n) is 29.1. The number of cyclic esters (lactones) is 1. The van der Waals surface area contributed by atoms with E-state index in [9.17, 15) is 32.7 Å². The maximum atomic E-state index is 13.1. The molecule has 1 aromatic heterocycles. The summed E-state index contributed by atoms with van der Waals surface area (Å²) in [6, 6.07) is 2.07. The third kappa shape index (κ3) is 15.2. The Kier molecular flexibility index (Phi) is 17.0. The highest BCUT2D eigenvalue weighted by atomic mass is 19.4. The lowest BCUT2D eigenvalue weighted by molar-refractivity contribution is -0.142. The van der Waals surface area contributed by atoms with Crippen molar-refractivity contribution >= 4 is 17.8 Å². The third-order valence-corrected chi connectivity index (χ3v) is 8.04. The Morgan fingerprint density at radius 1 is 1.12 bits per heavy atom. The molecule has 2 heterocycles. The lowest BCUT2D eigenvalue weighted by Crippen LogP contribution is -2.34. The first kappa shape index (κ1) is 40.9. The number of esters is 1. The van der Waals surface area contributed by atoms with Crippen LogP contribution < -0.4 is 5.32 Å². The number of rotatable bonds is 17. The van der Waals surface area contributed by atoms with E-state index >= 15 is 0 Å². The van der Waals surface area contributed by atoms with Gasteiger partial charge in [0.15, 0.2) is 0 Å². The van der Waals surface area contributed by atoms with Crippen molar-refractivity contribution in [2.75, 3.05) is 6.61 Å². The van der Waals surface area contributed by atoms with Gasteiger partial charge in [-0.05, 0) is 70.2 Å². The van der Waals surface area contributed by atoms with Crippen LogP contribution in [0.2, 0.25) is 0 Å². The van der Waals surface area contributed by atoms with Gasteiger partial charge in [0.05, 0.1) is 23.9 Å². The fourth-order valence-electron chi connectivity index (χ4n) is 5.28. The zero-order valence-corrected chi connectivity index (χ0v) is 29.1. The number of carbonyl (C=O) groups is 3. The predicted octanol–water partition coefficient (Wildman–Crippen LogP) is 8.16. The number of halogens is 3. The number of allylic oxidation sites excluding steroid dienone is 8. The molecule has 2 N–H and O–H groups in total. The summed E-state index contributed by atoms with van der Waals surface area (Å²) in [5, 5.41) is 13.2. The molecule has 11 heteroatoms. The minimum atomic E-state index is -4.59. The maximum absolute atomic E-state index is 13.1. The Labute approximate surface area is 287 Å². The highest BCUT2D eigenvalue weighted by molar-refractivity contribution is 5.85. The molecule has 268 valence electrons. The van der Waals surface area contributed by atoms with Gasteiger partial charge in [-0.3, -0.25) is 9.78 Å². The van der Waals surface area contributed by atoms with Gasteiger partial charge in [0, 0.05) is 30.5 Å².